The van der Waals surface area contributed by atoms with Gasteiger partial charge in [0.1, 0.15) is 6.61 Å². The Bertz CT molecular complexity index is 761. The van der Waals surface area contributed by atoms with Crippen LogP contribution in [-0.2, 0) is 13.7 Å². The third-order valence-corrected chi connectivity index (χ3v) is 3.51. The van der Waals surface area contributed by atoms with Crippen LogP contribution in [0.5, 0.6) is 5.75 Å². The van der Waals surface area contributed by atoms with Crippen molar-refractivity contribution in [3.63, 3.8) is 0 Å². The minimum atomic E-state index is -0.331. The van der Waals surface area contributed by atoms with Gasteiger partial charge in [0.05, 0.1) is 5.69 Å². The van der Waals surface area contributed by atoms with Gasteiger partial charge < -0.3 is 9.30 Å². The van der Waals surface area contributed by atoms with Gasteiger partial charge >= 0.3 is 0 Å². The minimum absolute atomic E-state index is 0.286. The average Bonchev–Trinajstić information content (AvgIpc) is 2.74. The topological polar surface area (TPSA) is 14.2 Å². The summed E-state index contributed by atoms with van der Waals surface area (Å²) in [5.41, 5.74) is 3.40. The highest BCUT2D eigenvalue weighted by atomic mass is 19.1. The molecule has 0 N–H and O–H groups in total. The maximum atomic E-state index is 13.5. The van der Waals surface area contributed by atoms with Crippen LogP contribution in [0.2, 0.25) is 0 Å². The minimum Gasteiger partial charge on any atom is -0.484 e. The number of aryl methyl sites for hydroxylation is 2. The lowest BCUT2D eigenvalue weighted by Gasteiger charge is -2.08. The first-order chi connectivity index (χ1) is 9.65. The molecule has 3 aromatic rings. The Morgan fingerprint density at radius 2 is 1.90 bits per heavy atom. The zero-order chi connectivity index (χ0) is 14.1. The Hall–Kier alpha value is -2.29. The van der Waals surface area contributed by atoms with Crippen LogP contribution < -0.4 is 4.74 Å². The largest absolute Gasteiger partial charge is 0.484 e. The number of halogens is 1. The van der Waals surface area contributed by atoms with Gasteiger partial charge in [-0.15, -0.1) is 0 Å². The summed E-state index contributed by atoms with van der Waals surface area (Å²) < 4.78 is 21.2. The van der Waals surface area contributed by atoms with Crippen molar-refractivity contribution >= 4 is 10.9 Å². The number of hydrogen-bond acceptors (Lipinski definition) is 1. The van der Waals surface area contributed by atoms with E-state index in [0.717, 1.165) is 11.2 Å². The molecule has 0 aliphatic rings. The van der Waals surface area contributed by atoms with Gasteiger partial charge in [0.25, 0.3) is 0 Å². The predicted octanol–water partition coefficient (Wildman–Crippen LogP) is 4.20. The van der Waals surface area contributed by atoms with Gasteiger partial charge in [-0.1, -0.05) is 23.8 Å². The fourth-order valence-electron chi connectivity index (χ4n) is 2.38. The Morgan fingerprint density at radius 3 is 2.70 bits per heavy atom. The van der Waals surface area contributed by atoms with Crippen molar-refractivity contribution in [2.75, 3.05) is 0 Å². The van der Waals surface area contributed by atoms with Gasteiger partial charge in [-0.05, 0) is 37.3 Å². The van der Waals surface area contributed by atoms with E-state index in [-0.39, 0.29) is 11.6 Å². The molecule has 0 saturated heterocycles. The molecule has 0 aliphatic carbocycles. The van der Waals surface area contributed by atoms with E-state index < -0.39 is 0 Å². The summed E-state index contributed by atoms with van der Waals surface area (Å²) in [6.07, 6.45) is 0. The molecule has 0 fully saturated rings. The van der Waals surface area contributed by atoms with Crippen molar-refractivity contribution in [2.24, 2.45) is 7.05 Å². The lowest BCUT2D eigenvalue weighted by atomic mass is 10.2. The summed E-state index contributed by atoms with van der Waals surface area (Å²) in [5, 5.41) is 1.18. The maximum Gasteiger partial charge on any atom is 0.165 e. The number of rotatable bonds is 3. The van der Waals surface area contributed by atoms with Crippen LogP contribution in [0.1, 0.15) is 11.3 Å². The van der Waals surface area contributed by atoms with Gasteiger partial charge in [-0.2, -0.15) is 0 Å². The van der Waals surface area contributed by atoms with Crippen molar-refractivity contribution in [1.82, 2.24) is 4.57 Å². The number of benzene rings is 2. The number of aromatic nitrogens is 1. The van der Waals surface area contributed by atoms with Gasteiger partial charge in [0.15, 0.2) is 11.6 Å². The second kappa shape index (κ2) is 5.00. The molecule has 2 aromatic carbocycles. The van der Waals surface area contributed by atoms with Gasteiger partial charge in [-0.3, -0.25) is 0 Å². The molecule has 0 aliphatic heterocycles. The Labute approximate surface area is 117 Å². The van der Waals surface area contributed by atoms with E-state index in [4.69, 9.17) is 4.74 Å². The van der Waals surface area contributed by atoms with Gasteiger partial charge in [-0.25, -0.2) is 4.39 Å². The summed E-state index contributed by atoms with van der Waals surface area (Å²) in [5.74, 6) is -0.0453. The lowest BCUT2D eigenvalue weighted by molar-refractivity contribution is 0.283. The van der Waals surface area contributed by atoms with E-state index in [1.165, 1.54) is 17.0 Å². The molecule has 2 nitrogen and oxygen atoms in total. The molecule has 0 saturated carbocycles. The van der Waals surface area contributed by atoms with E-state index in [1.807, 2.05) is 7.05 Å². The standard InChI is InChI=1S/C17H16FNO/c1-12-7-8-16-13(9-12)10-14(19(16)2)11-20-17-6-4-3-5-15(17)18/h3-10H,11H2,1-2H3. The average molecular weight is 269 g/mol. The predicted molar refractivity (Wildman–Crippen MR) is 78.4 cm³/mol. The summed E-state index contributed by atoms with van der Waals surface area (Å²) in [4.78, 5) is 0. The van der Waals surface area contributed by atoms with Crippen LogP contribution in [0.15, 0.2) is 48.5 Å². The van der Waals surface area contributed by atoms with Crippen LogP contribution in [0.3, 0.4) is 0 Å². The second-order valence-electron chi connectivity index (χ2n) is 4.98. The highest BCUT2D eigenvalue weighted by molar-refractivity contribution is 5.82. The molecule has 0 radical (unpaired) electrons. The third kappa shape index (κ3) is 2.27. The fourth-order valence-corrected chi connectivity index (χ4v) is 2.38. The molecule has 0 amide bonds. The Kier molecular flexibility index (Phi) is 3.18. The normalized spacial score (nSPS) is 10.9. The van der Waals surface area contributed by atoms with E-state index in [0.29, 0.717) is 6.61 Å². The first kappa shape index (κ1) is 12.7. The molecule has 1 heterocycles. The zero-order valence-corrected chi connectivity index (χ0v) is 11.6. The fraction of sp³-hybridized carbons (Fsp3) is 0.176. The molecule has 3 rings (SSSR count). The number of nitrogens with zero attached hydrogens (tertiary/aromatic N) is 1. The number of ether oxygens (including phenoxy) is 1. The zero-order valence-electron chi connectivity index (χ0n) is 11.6. The third-order valence-electron chi connectivity index (χ3n) is 3.51. The van der Waals surface area contributed by atoms with Crippen LogP contribution >= 0.6 is 0 Å². The van der Waals surface area contributed by atoms with E-state index in [1.54, 1.807) is 18.2 Å². The van der Waals surface area contributed by atoms with E-state index >= 15 is 0 Å². The first-order valence-corrected chi connectivity index (χ1v) is 6.57. The first-order valence-electron chi connectivity index (χ1n) is 6.57. The molecule has 20 heavy (non-hydrogen) atoms. The van der Waals surface area contributed by atoms with Gasteiger partial charge in [0.2, 0.25) is 0 Å². The molecule has 0 bridgehead atoms. The monoisotopic (exact) mass is 269 g/mol. The summed E-state index contributed by atoms with van der Waals surface area (Å²) >= 11 is 0. The van der Waals surface area contributed by atoms with Crippen molar-refractivity contribution in [3.05, 3.63) is 65.6 Å². The molecule has 3 heteroatoms. The Balaban J connectivity index is 1.88. The van der Waals surface area contributed by atoms with Crippen molar-refractivity contribution in [2.45, 2.75) is 13.5 Å². The van der Waals surface area contributed by atoms with E-state index in [2.05, 4.69) is 35.8 Å². The molecular formula is C17H16FNO. The molecule has 0 unspecified atom stereocenters. The molecule has 0 atom stereocenters. The van der Waals surface area contributed by atoms with Crippen molar-refractivity contribution < 1.29 is 9.13 Å². The van der Waals surface area contributed by atoms with E-state index in [9.17, 15) is 4.39 Å². The number of fused-ring (bicyclic) bond motifs is 1. The number of para-hydroxylation sites is 1. The van der Waals surface area contributed by atoms with Crippen LogP contribution in [0.25, 0.3) is 10.9 Å². The number of hydrogen-bond donors (Lipinski definition) is 0. The quantitative estimate of drug-likeness (QED) is 0.695. The SMILES string of the molecule is Cc1ccc2c(c1)cc(COc1ccccc1F)n2C. The maximum absolute atomic E-state index is 13.5. The summed E-state index contributed by atoms with van der Waals surface area (Å²) in [6, 6.07) is 14.9. The van der Waals surface area contributed by atoms with Crippen molar-refractivity contribution in [3.8, 4) is 5.75 Å². The van der Waals surface area contributed by atoms with Gasteiger partial charge in [0, 0.05) is 18.0 Å². The Morgan fingerprint density at radius 1 is 1.10 bits per heavy atom. The molecular weight excluding hydrogens is 253 g/mol. The highest BCUT2D eigenvalue weighted by Crippen LogP contribution is 2.22. The van der Waals surface area contributed by atoms with Crippen LogP contribution in [-0.4, -0.2) is 4.57 Å². The highest BCUT2D eigenvalue weighted by Gasteiger charge is 2.08. The summed E-state index contributed by atoms with van der Waals surface area (Å²) in [7, 11) is 2.00. The van der Waals surface area contributed by atoms with Crippen LogP contribution in [0, 0.1) is 12.7 Å². The second-order valence-corrected chi connectivity index (χ2v) is 4.98. The molecule has 0 spiro atoms. The lowest BCUT2D eigenvalue weighted by Crippen LogP contribution is -2.02. The van der Waals surface area contributed by atoms with Crippen LogP contribution in [0.4, 0.5) is 4.39 Å². The molecule has 1 aromatic heterocycles. The van der Waals surface area contributed by atoms with Crippen molar-refractivity contribution in [1.29, 1.82) is 0 Å². The smallest absolute Gasteiger partial charge is 0.165 e. The molecule has 102 valence electrons. The summed E-state index contributed by atoms with van der Waals surface area (Å²) in [6.45, 7) is 2.42.